The van der Waals surface area contributed by atoms with E-state index in [0.717, 1.165) is 16.9 Å². The Balaban J connectivity index is 1.46. The second kappa shape index (κ2) is 10.4. The van der Waals surface area contributed by atoms with Crippen LogP contribution in [0.3, 0.4) is 0 Å². The van der Waals surface area contributed by atoms with Gasteiger partial charge >= 0.3 is 0 Å². The Hall–Kier alpha value is -3.91. The first-order chi connectivity index (χ1) is 15.7. The van der Waals surface area contributed by atoms with E-state index in [0.29, 0.717) is 28.7 Å². The largest absolute Gasteiger partial charge is 0.493 e. The molecule has 4 rings (SSSR count). The summed E-state index contributed by atoms with van der Waals surface area (Å²) in [4.78, 5) is 0. The summed E-state index contributed by atoms with van der Waals surface area (Å²) in [5, 5.41) is 11.4. The van der Waals surface area contributed by atoms with E-state index in [1.807, 2.05) is 78.9 Å². The molecule has 32 heavy (non-hydrogen) atoms. The molecule has 0 saturated carbocycles. The molecule has 7 nitrogen and oxygen atoms in total. The van der Waals surface area contributed by atoms with Gasteiger partial charge in [-0.2, -0.15) is 14.9 Å². The number of H-pyrrole nitrogens is 1. The van der Waals surface area contributed by atoms with Gasteiger partial charge in [-0.25, -0.2) is 5.10 Å². The highest BCUT2D eigenvalue weighted by Crippen LogP contribution is 2.28. The van der Waals surface area contributed by atoms with E-state index < -0.39 is 0 Å². The zero-order chi connectivity index (χ0) is 22.2. The van der Waals surface area contributed by atoms with Gasteiger partial charge in [-0.1, -0.05) is 48.5 Å². The molecule has 0 radical (unpaired) electrons. The monoisotopic (exact) mass is 446 g/mol. The fourth-order valence-electron chi connectivity index (χ4n) is 2.94. The zero-order valence-corrected chi connectivity index (χ0v) is 18.3. The third-order valence-corrected chi connectivity index (χ3v) is 4.84. The Labute approximate surface area is 190 Å². The van der Waals surface area contributed by atoms with Crippen molar-refractivity contribution < 1.29 is 14.2 Å². The normalized spacial score (nSPS) is 10.9. The van der Waals surface area contributed by atoms with Crippen molar-refractivity contribution in [1.82, 2.24) is 14.9 Å². The Bertz CT molecular complexity index is 1240. The minimum absolute atomic E-state index is 0.226. The van der Waals surface area contributed by atoms with E-state index in [4.69, 9.17) is 26.4 Å². The minimum atomic E-state index is 0.226. The molecule has 1 N–H and O–H groups in total. The van der Waals surface area contributed by atoms with E-state index in [1.54, 1.807) is 13.3 Å². The average Bonchev–Trinajstić information content (AvgIpc) is 3.20. The number of hydrogen-bond donors (Lipinski definition) is 1. The van der Waals surface area contributed by atoms with Crippen molar-refractivity contribution >= 4 is 18.4 Å². The lowest BCUT2D eigenvalue weighted by atomic mass is 10.2. The molecule has 0 spiro atoms. The zero-order valence-electron chi connectivity index (χ0n) is 17.5. The van der Waals surface area contributed by atoms with Crippen LogP contribution >= 0.6 is 12.2 Å². The SMILES string of the molecule is COc1cc(/C=N\n2c(COc3ccccc3)n[nH]c2=S)ccc1OCc1ccccc1. The number of rotatable bonds is 9. The first-order valence-electron chi connectivity index (χ1n) is 9.96. The van der Waals surface area contributed by atoms with E-state index in [9.17, 15) is 0 Å². The van der Waals surface area contributed by atoms with Crippen LogP contribution in [0.15, 0.2) is 84.0 Å². The van der Waals surface area contributed by atoms with Crippen LogP contribution in [0, 0.1) is 4.77 Å². The Morgan fingerprint density at radius 2 is 1.69 bits per heavy atom. The molecule has 0 atom stereocenters. The van der Waals surface area contributed by atoms with Crippen molar-refractivity contribution in [3.05, 3.63) is 101 Å². The number of benzene rings is 3. The van der Waals surface area contributed by atoms with Crippen LogP contribution in [0.4, 0.5) is 0 Å². The number of nitrogens with one attached hydrogen (secondary N) is 1. The summed E-state index contributed by atoms with van der Waals surface area (Å²) < 4.78 is 19.1. The van der Waals surface area contributed by atoms with Crippen molar-refractivity contribution in [2.75, 3.05) is 7.11 Å². The molecule has 4 aromatic rings. The van der Waals surface area contributed by atoms with Gasteiger partial charge in [0.1, 0.15) is 19.0 Å². The summed E-state index contributed by atoms with van der Waals surface area (Å²) in [5.41, 5.74) is 1.91. The maximum atomic E-state index is 5.91. The van der Waals surface area contributed by atoms with Gasteiger partial charge in [-0.3, -0.25) is 0 Å². The van der Waals surface area contributed by atoms with Gasteiger partial charge in [0.15, 0.2) is 17.3 Å². The predicted octanol–water partition coefficient (Wildman–Crippen LogP) is 4.99. The van der Waals surface area contributed by atoms with Crippen LogP contribution < -0.4 is 14.2 Å². The molecule has 0 saturated heterocycles. The molecule has 1 heterocycles. The van der Waals surface area contributed by atoms with Crippen molar-refractivity contribution in [2.24, 2.45) is 5.10 Å². The maximum Gasteiger partial charge on any atom is 0.216 e. The summed E-state index contributed by atoms with van der Waals surface area (Å²) >= 11 is 5.30. The summed E-state index contributed by atoms with van der Waals surface area (Å²) in [6, 6.07) is 25.1. The molecule has 1 aromatic heterocycles. The van der Waals surface area contributed by atoms with E-state index in [-0.39, 0.29) is 6.61 Å². The molecule has 162 valence electrons. The molecule has 0 aliphatic carbocycles. The molecule has 0 fully saturated rings. The number of ether oxygens (including phenoxy) is 3. The molecule has 0 bridgehead atoms. The van der Waals surface area contributed by atoms with Crippen LogP contribution in [-0.2, 0) is 13.2 Å². The average molecular weight is 447 g/mol. The smallest absolute Gasteiger partial charge is 0.216 e. The van der Waals surface area contributed by atoms with Crippen molar-refractivity contribution in [3.8, 4) is 17.2 Å². The second-order valence-corrected chi connectivity index (χ2v) is 7.17. The number of hydrogen-bond acceptors (Lipinski definition) is 6. The van der Waals surface area contributed by atoms with Crippen LogP contribution in [0.5, 0.6) is 17.2 Å². The van der Waals surface area contributed by atoms with Crippen LogP contribution in [0.1, 0.15) is 17.0 Å². The first kappa shape index (κ1) is 21.3. The lowest BCUT2D eigenvalue weighted by Crippen LogP contribution is -2.04. The number of aromatic nitrogens is 3. The Morgan fingerprint density at radius 1 is 0.938 bits per heavy atom. The first-order valence-corrected chi connectivity index (χ1v) is 10.4. The fraction of sp³-hybridized carbons (Fsp3) is 0.125. The van der Waals surface area contributed by atoms with E-state index in [1.165, 1.54) is 4.68 Å². The van der Waals surface area contributed by atoms with Crippen LogP contribution in [0.25, 0.3) is 0 Å². The fourth-order valence-corrected chi connectivity index (χ4v) is 3.14. The van der Waals surface area contributed by atoms with Crippen molar-refractivity contribution in [2.45, 2.75) is 13.2 Å². The van der Waals surface area contributed by atoms with Gasteiger partial charge in [-0.05, 0) is 53.7 Å². The second-order valence-electron chi connectivity index (χ2n) is 6.79. The number of methoxy groups -OCH3 is 1. The van der Waals surface area contributed by atoms with Gasteiger partial charge in [0.25, 0.3) is 0 Å². The standard InChI is InChI=1S/C24H22N4O3S/c1-29-22-14-19(12-13-21(22)31-16-18-8-4-2-5-9-18)15-25-28-23(26-27-24(28)32)17-30-20-10-6-3-7-11-20/h2-15H,16-17H2,1H3,(H,27,32)/b25-15-. The predicted molar refractivity (Wildman–Crippen MR) is 125 cm³/mol. The number of aromatic amines is 1. The molecule has 8 heteroatoms. The highest BCUT2D eigenvalue weighted by Gasteiger charge is 2.08. The highest BCUT2D eigenvalue weighted by molar-refractivity contribution is 7.71. The third kappa shape index (κ3) is 5.41. The van der Waals surface area contributed by atoms with Crippen molar-refractivity contribution in [3.63, 3.8) is 0 Å². The number of nitrogens with zero attached hydrogens (tertiary/aromatic N) is 3. The lowest BCUT2D eigenvalue weighted by molar-refractivity contribution is 0.284. The summed E-state index contributed by atoms with van der Waals surface area (Å²) in [6.45, 7) is 0.684. The topological polar surface area (TPSA) is 73.7 Å². The third-order valence-electron chi connectivity index (χ3n) is 4.58. The summed E-state index contributed by atoms with van der Waals surface area (Å²) in [5.74, 6) is 2.58. The Kier molecular flexibility index (Phi) is 6.94. The van der Waals surface area contributed by atoms with Crippen LogP contribution in [-0.4, -0.2) is 28.2 Å². The highest BCUT2D eigenvalue weighted by atomic mass is 32.1. The molecule has 3 aromatic carbocycles. The summed E-state index contributed by atoms with van der Waals surface area (Å²) in [7, 11) is 1.61. The van der Waals surface area contributed by atoms with Crippen molar-refractivity contribution in [1.29, 1.82) is 0 Å². The quantitative estimate of drug-likeness (QED) is 0.290. The molecule has 0 unspecified atom stereocenters. The van der Waals surface area contributed by atoms with Gasteiger partial charge < -0.3 is 14.2 Å². The van der Waals surface area contributed by atoms with Gasteiger partial charge in [0.2, 0.25) is 4.77 Å². The van der Waals surface area contributed by atoms with E-state index in [2.05, 4.69) is 15.3 Å². The molecular formula is C24H22N4O3S. The molecule has 0 amide bonds. The van der Waals surface area contributed by atoms with Gasteiger partial charge in [-0.15, -0.1) is 0 Å². The maximum absolute atomic E-state index is 5.91. The molecule has 0 aliphatic heterocycles. The molecule has 0 aliphatic rings. The number of para-hydroxylation sites is 1. The molecular weight excluding hydrogens is 424 g/mol. The Morgan fingerprint density at radius 3 is 2.44 bits per heavy atom. The minimum Gasteiger partial charge on any atom is -0.493 e. The lowest BCUT2D eigenvalue weighted by Gasteiger charge is -2.11. The van der Waals surface area contributed by atoms with Gasteiger partial charge in [0, 0.05) is 0 Å². The van der Waals surface area contributed by atoms with E-state index >= 15 is 0 Å². The van der Waals surface area contributed by atoms with Gasteiger partial charge in [0.05, 0.1) is 13.3 Å². The van der Waals surface area contributed by atoms with Crippen LogP contribution in [0.2, 0.25) is 0 Å². The summed E-state index contributed by atoms with van der Waals surface area (Å²) in [6.07, 6.45) is 1.68.